The summed E-state index contributed by atoms with van der Waals surface area (Å²) in [5, 5.41) is 3.20. The Hall–Kier alpha value is -2.62. The average Bonchev–Trinajstić information content (AvgIpc) is 2.90. The van der Waals surface area contributed by atoms with Crippen LogP contribution in [-0.2, 0) is 4.79 Å². The maximum absolute atomic E-state index is 12.7. The van der Waals surface area contributed by atoms with Gasteiger partial charge in [-0.05, 0) is 18.4 Å². The number of anilines is 1. The number of carbonyl (C=O) groups is 1. The van der Waals surface area contributed by atoms with Crippen LogP contribution < -0.4 is 10.2 Å². The summed E-state index contributed by atoms with van der Waals surface area (Å²) in [6.07, 6.45) is 7.93. The Kier molecular flexibility index (Phi) is 6.28. The smallest absolute Gasteiger partial charge is 0.221 e. The summed E-state index contributed by atoms with van der Waals surface area (Å²) >= 11 is 0. The third-order valence-electron chi connectivity index (χ3n) is 6.18. The summed E-state index contributed by atoms with van der Waals surface area (Å²) in [5.41, 5.74) is 4.29. The normalized spacial score (nSPS) is 19.8. The minimum Gasteiger partial charge on any atom is -0.370 e. The van der Waals surface area contributed by atoms with E-state index in [0.717, 1.165) is 34.9 Å². The van der Waals surface area contributed by atoms with Crippen molar-refractivity contribution in [3.8, 4) is 0 Å². The van der Waals surface area contributed by atoms with Gasteiger partial charge in [0.2, 0.25) is 5.91 Å². The third-order valence-corrected chi connectivity index (χ3v) is 6.18. The number of likely N-dealkylation sites (N-methyl/N-ethyl adjacent to an activating group) is 1. The van der Waals surface area contributed by atoms with E-state index in [1.165, 1.54) is 32.1 Å². The molecule has 1 aliphatic heterocycles. The molecular formula is C25H31N3O. The van der Waals surface area contributed by atoms with Crippen molar-refractivity contribution in [1.82, 2.24) is 5.32 Å². The van der Waals surface area contributed by atoms with Gasteiger partial charge < -0.3 is 10.2 Å². The second-order valence-electron chi connectivity index (χ2n) is 8.37. The molecule has 152 valence electrons. The zero-order chi connectivity index (χ0) is 20.1. The van der Waals surface area contributed by atoms with Gasteiger partial charge in [0.1, 0.15) is 6.17 Å². The van der Waals surface area contributed by atoms with Crippen molar-refractivity contribution < 1.29 is 4.79 Å². The molecule has 0 bridgehead atoms. The summed E-state index contributed by atoms with van der Waals surface area (Å²) in [4.78, 5) is 19.9. The lowest BCUT2D eigenvalue weighted by Gasteiger charge is -2.24. The van der Waals surface area contributed by atoms with Crippen LogP contribution in [0, 0.1) is 5.92 Å². The zero-order valence-electron chi connectivity index (χ0n) is 17.3. The largest absolute Gasteiger partial charge is 0.370 e. The molecule has 1 amide bonds. The number of fused-ring (bicyclic) bond motifs is 1. The van der Waals surface area contributed by atoms with Gasteiger partial charge in [0.25, 0.3) is 0 Å². The molecule has 4 nitrogen and oxygen atoms in total. The van der Waals surface area contributed by atoms with E-state index in [2.05, 4.69) is 47.6 Å². The lowest BCUT2D eigenvalue weighted by molar-refractivity contribution is -0.122. The van der Waals surface area contributed by atoms with Crippen LogP contribution in [0.5, 0.6) is 0 Å². The van der Waals surface area contributed by atoms with Gasteiger partial charge in [-0.15, -0.1) is 0 Å². The number of amides is 1. The molecule has 1 aliphatic carbocycles. The van der Waals surface area contributed by atoms with Crippen LogP contribution in [0.1, 0.15) is 56.1 Å². The number of benzene rings is 2. The molecule has 2 aliphatic rings. The van der Waals surface area contributed by atoms with Crippen molar-refractivity contribution in [2.24, 2.45) is 10.9 Å². The maximum Gasteiger partial charge on any atom is 0.221 e. The highest BCUT2D eigenvalue weighted by Crippen LogP contribution is 2.28. The van der Waals surface area contributed by atoms with Crippen LogP contribution in [0.25, 0.3) is 0 Å². The van der Waals surface area contributed by atoms with Gasteiger partial charge in [-0.25, -0.2) is 0 Å². The molecule has 0 unspecified atom stereocenters. The van der Waals surface area contributed by atoms with E-state index < -0.39 is 0 Å². The van der Waals surface area contributed by atoms with E-state index in [4.69, 9.17) is 4.99 Å². The maximum atomic E-state index is 12.7. The molecule has 0 spiro atoms. The van der Waals surface area contributed by atoms with Crippen molar-refractivity contribution in [2.75, 3.05) is 18.5 Å². The summed E-state index contributed by atoms with van der Waals surface area (Å²) in [7, 11) is 2.07. The number of aliphatic imine (C=N–C) groups is 1. The summed E-state index contributed by atoms with van der Waals surface area (Å²) in [6.45, 7) is 0.669. The summed E-state index contributed by atoms with van der Waals surface area (Å²) in [6, 6.07) is 18.6. The van der Waals surface area contributed by atoms with Crippen LogP contribution in [0.15, 0.2) is 59.6 Å². The first-order chi connectivity index (χ1) is 14.2. The van der Waals surface area contributed by atoms with Crippen molar-refractivity contribution in [1.29, 1.82) is 0 Å². The van der Waals surface area contributed by atoms with E-state index in [1.807, 2.05) is 24.3 Å². The first-order valence-electron chi connectivity index (χ1n) is 10.9. The first-order valence-corrected chi connectivity index (χ1v) is 10.9. The predicted octanol–water partition coefficient (Wildman–Crippen LogP) is 4.78. The van der Waals surface area contributed by atoms with E-state index in [9.17, 15) is 4.79 Å². The average molecular weight is 390 g/mol. The number of hydrogen-bond donors (Lipinski definition) is 1. The second kappa shape index (κ2) is 9.25. The van der Waals surface area contributed by atoms with Gasteiger partial charge in [-0.2, -0.15) is 0 Å². The molecule has 1 atom stereocenters. The quantitative estimate of drug-likeness (QED) is 0.800. The Morgan fingerprint density at radius 1 is 1.03 bits per heavy atom. The molecule has 1 N–H and O–H groups in total. The van der Waals surface area contributed by atoms with Crippen LogP contribution in [0.4, 0.5) is 5.69 Å². The van der Waals surface area contributed by atoms with Crippen molar-refractivity contribution in [3.05, 3.63) is 65.7 Å². The second-order valence-corrected chi connectivity index (χ2v) is 8.37. The van der Waals surface area contributed by atoms with Crippen molar-refractivity contribution >= 4 is 17.3 Å². The molecule has 2 aromatic rings. The van der Waals surface area contributed by atoms with Crippen LogP contribution in [0.3, 0.4) is 0 Å². The van der Waals surface area contributed by atoms with Gasteiger partial charge in [0.05, 0.1) is 12.3 Å². The molecule has 2 aromatic carbocycles. The van der Waals surface area contributed by atoms with E-state index in [1.54, 1.807) is 0 Å². The lowest BCUT2D eigenvalue weighted by Crippen LogP contribution is -2.41. The monoisotopic (exact) mass is 389 g/mol. The standard InChI is InChI=1S/C25H31N3O/c1-28-18-23(26-24(29)17-16-19-10-4-2-5-11-19)27-25(20-12-6-3-7-13-20)21-14-8-9-15-22(21)28/h3,6-9,12-15,19,23H,2,4-5,10-11,16-18H2,1H3,(H,26,29)/t23-/m1/s1. The number of hydrogen-bond acceptors (Lipinski definition) is 3. The molecule has 1 saturated carbocycles. The fourth-order valence-corrected chi connectivity index (χ4v) is 4.60. The summed E-state index contributed by atoms with van der Waals surface area (Å²) < 4.78 is 0. The van der Waals surface area contributed by atoms with Gasteiger partial charge in [-0.3, -0.25) is 9.79 Å². The minimum atomic E-state index is -0.249. The molecular weight excluding hydrogens is 358 g/mol. The highest BCUT2D eigenvalue weighted by atomic mass is 16.1. The highest BCUT2D eigenvalue weighted by Gasteiger charge is 2.24. The predicted molar refractivity (Wildman–Crippen MR) is 120 cm³/mol. The Balaban J connectivity index is 1.52. The number of benzodiazepines with no additional fused rings is 1. The van der Waals surface area contributed by atoms with E-state index in [0.29, 0.717) is 13.0 Å². The Bertz CT molecular complexity index is 855. The highest BCUT2D eigenvalue weighted by molar-refractivity contribution is 6.16. The van der Waals surface area contributed by atoms with Crippen LogP contribution >= 0.6 is 0 Å². The van der Waals surface area contributed by atoms with Crippen LogP contribution in [0.2, 0.25) is 0 Å². The van der Waals surface area contributed by atoms with Gasteiger partial charge >= 0.3 is 0 Å². The lowest BCUT2D eigenvalue weighted by atomic mass is 9.86. The van der Waals surface area contributed by atoms with Gasteiger partial charge in [0.15, 0.2) is 0 Å². The number of para-hydroxylation sites is 1. The minimum absolute atomic E-state index is 0.121. The molecule has 0 radical (unpaired) electrons. The molecule has 4 heteroatoms. The molecule has 0 saturated heterocycles. The van der Waals surface area contributed by atoms with Gasteiger partial charge in [-0.1, -0.05) is 80.6 Å². The molecule has 4 rings (SSSR count). The third kappa shape index (κ3) is 4.87. The Morgan fingerprint density at radius 2 is 1.76 bits per heavy atom. The molecule has 1 fully saturated rings. The fourth-order valence-electron chi connectivity index (χ4n) is 4.60. The molecule has 0 aromatic heterocycles. The van der Waals surface area contributed by atoms with Crippen LogP contribution in [-0.4, -0.2) is 31.4 Å². The number of nitrogens with one attached hydrogen (secondary N) is 1. The Morgan fingerprint density at radius 3 is 2.55 bits per heavy atom. The molecule has 29 heavy (non-hydrogen) atoms. The number of nitrogens with zero attached hydrogens (tertiary/aromatic N) is 2. The topological polar surface area (TPSA) is 44.7 Å². The van der Waals surface area contributed by atoms with Gasteiger partial charge in [0, 0.05) is 30.3 Å². The van der Waals surface area contributed by atoms with Crippen molar-refractivity contribution in [3.63, 3.8) is 0 Å². The van der Waals surface area contributed by atoms with E-state index >= 15 is 0 Å². The van der Waals surface area contributed by atoms with E-state index in [-0.39, 0.29) is 12.1 Å². The van der Waals surface area contributed by atoms with Crippen molar-refractivity contribution in [2.45, 2.75) is 51.1 Å². The fraction of sp³-hybridized carbons (Fsp3) is 0.440. The number of carbonyl (C=O) groups excluding carboxylic acids is 1. The zero-order valence-corrected chi connectivity index (χ0v) is 17.3. The Labute approximate surface area is 174 Å². The SMILES string of the molecule is CN1C[C@H](NC(=O)CCC2CCCCC2)N=C(c2ccccc2)c2ccccc21. The number of rotatable bonds is 5. The summed E-state index contributed by atoms with van der Waals surface area (Å²) in [5.74, 6) is 0.843. The molecule has 1 heterocycles. The first kappa shape index (κ1) is 19.7.